The average Bonchev–Trinajstić information content (AvgIpc) is 3.02. The number of hydrogen-bond acceptors (Lipinski definition) is 5. The van der Waals surface area contributed by atoms with Crippen molar-refractivity contribution in [3.8, 4) is 5.75 Å². The molecule has 5 N–H and O–H groups in total. The summed E-state index contributed by atoms with van der Waals surface area (Å²) in [5.41, 5.74) is 8.31. The van der Waals surface area contributed by atoms with Crippen LogP contribution in [0.2, 0.25) is 0 Å². The number of rotatable bonds is 5. The van der Waals surface area contributed by atoms with Crippen LogP contribution in [0.5, 0.6) is 5.75 Å². The molecule has 9 heteroatoms. The van der Waals surface area contributed by atoms with E-state index in [-0.39, 0.29) is 24.2 Å². The number of ether oxygens (including phenoxy) is 1. The van der Waals surface area contributed by atoms with E-state index >= 15 is 0 Å². The molecule has 0 bridgehead atoms. The molecule has 150 valence electrons. The Morgan fingerprint density at radius 3 is 2.69 bits per heavy atom. The van der Waals surface area contributed by atoms with Gasteiger partial charge in [-0.2, -0.15) is 4.99 Å². The molecule has 0 unspecified atom stereocenters. The maximum Gasteiger partial charge on any atom is 0.252 e. The maximum absolute atomic E-state index is 12.2. The molecule has 1 heterocycles. The van der Waals surface area contributed by atoms with Gasteiger partial charge in [0.25, 0.3) is 5.91 Å². The highest BCUT2D eigenvalue weighted by Crippen LogP contribution is 2.17. The van der Waals surface area contributed by atoms with Gasteiger partial charge in [-0.05, 0) is 31.2 Å². The highest BCUT2D eigenvalue weighted by Gasteiger charge is 2.28. The van der Waals surface area contributed by atoms with E-state index in [2.05, 4.69) is 25.9 Å². The van der Waals surface area contributed by atoms with Gasteiger partial charge in [0.1, 0.15) is 11.8 Å². The van der Waals surface area contributed by atoms with Crippen LogP contribution in [0.3, 0.4) is 0 Å². The van der Waals surface area contributed by atoms with Gasteiger partial charge in [0.15, 0.2) is 0 Å². The molecular formula is C20H22N6O3. The lowest BCUT2D eigenvalue weighted by atomic mass is 10.2. The van der Waals surface area contributed by atoms with E-state index < -0.39 is 11.9 Å². The lowest BCUT2D eigenvalue weighted by Crippen LogP contribution is -2.32. The Labute approximate surface area is 168 Å². The monoisotopic (exact) mass is 394 g/mol. The van der Waals surface area contributed by atoms with Gasteiger partial charge in [0.2, 0.25) is 17.8 Å². The molecule has 0 radical (unpaired) electrons. The van der Waals surface area contributed by atoms with Gasteiger partial charge >= 0.3 is 0 Å². The number of benzene rings is 2. The Morgan fingerprint density at radius 2 is 1.97 bits per heavy atom. The Bertz CT molecular complexity index is 968. The van der Waals surface area contributed by atoms with Crippen molar-refractivity contribution in [1.29, 1.82) is 0 Å². The summed E-state index contributed by atoms with van der Waals surface area (Å²) >= 11 is 0. The number of aliphatic imine (C=N–C) groups is 2. The van der Waals surface area contributed by atoms with Gasteiger partial charge in [0.05, 0.1) is 13.5 Å². The van der Waals surface area contributed by atoms with Crippen LogP contribution < -0.4 is 26.4 Å². The fraction of sp³-hybridized carbons (Fsp3) is 0.200. The average molecular weight is 394 g/mol. The molecule has 1 aliphatic rings. The summed E-state index contributed by atoms with van der Waals surface area (Å²) < 4.78 is 5.12. The number of nitrogens with one attached hydrogen (secondary N) is 3. The quantitative estimate of drug-likeness (QED) is 0.452. The second-order valence-corrected chi connectivity index (χ2v) is 6.43. The molecule has 0 aliphatic carbocycles. The van der Waals surface area contributed by atoms with E-state index in [4.69, 9.17) is 10.5 Å². The largest absolute Gasteiger partial charge is 0.497 e. The molecule has 3 rings (SSSR count). The third-order valence-electron chi connectivity index (χ3n) is 4.10. The lowest BCUT2D eigenvalue weighted by molar-refractivity contribution is -0.123. The number of methoxy groups -OCH3 is 1. The maximum atomic E-state index is 12.2. The summed E-state index contributed by atoms with van der Waals surface area (Å²) in [5.74, 6) is -0.000837. The van der Waals surface area contributed by atoms with E-state index in [1.165, 1.54) is 0 Å². The first-order valence-corrected chi connectivity index (χ1v) is 8.93. The molecule has 0 fully saturated rings. The summed E-state index contributed by atoms with van der Waals surface area (Å²) in [7, 11) is 1.54. The normalized spacial score (nSPS) is 16.1. The summed E-state index contributed by atoms with van der Waals surface area (Å²) in [6.45, 7) is 1.98. The number of guanidine groups is 2. The van der Waals surface area contributed by atoms with Gasteiger partial charge in [-0.1, -0.05) is 23.8 Å². The second kappa shape index (κ2) is 8.87. The summed E-state index contributed by atoms with van der Waals surface area (Å²) in [5, 5.41) is 8.15. The third-order valence-corrected chi connectivity index (χ3v) is 4.10. The van der Waals surface area contributed by atoms with E-state index in [9.17, 15) is 9.59 Å². The van der Waals surface area contributed by atoms with Gasteiger partial charge in [-0.3, -0.25) is 14.9 Å². The molecule has 2 aromatic rings. The molecule has 1 aliphatic heterocycles. The smallest absolute Gasteiger partial charge is 0.252 e. The number of aryl methyl sites for hydroxylation is 1. The fourth-order valence-corrected chi connectivity index (χ4v) is 2.64. The van der Waals surface area contributed by atoms with Gasteiger partial charge in [-0.15, -0.1) is 0 Å². The minimum absolute atomic E-state index is 0.0614. The Balaban J connectivity index is 1.59. The number of carbonyl (C=O) groups is 2. The Hall–Kier alpha value is -3.88. The van der Waals surface area contributed by atoms with Crippen LogP contribution in [0.1, 0.15) is 12.0 Å². The number of anilines is 2. The topological polar surface area (TPSA) is 130 Å². The van der Waals surface area contributed by atoms with Crippen molar-refractivity contribution in [2.75, 3.05) is 17.7 Å². The van der Waals surface area contributed by atoms with Crippen LogP contribution in [0.25, 0.3) is 0 Å². The van der Waals surface area contributed by atoms with Crippen LogP contribution in [0.15, 0.2) is 58.5 Å². The molecule has 0 aromatic heterocycles. The number of carbonyl (C=O) groups excluding carboxylic acids is 2. The molecule has 29 heavy (non-hydrogen) atoms. The van der Waals surface area contributed by atoms with Crippen molar-refractivity contribution < 1.29 is 14.3 Å². The van der Waals surface area contributed by atoms with Crippen LogP contribution in [-0.2, 0) is 9.59 Å². The Kier molecular flexibility index (Phi) is 6.08. The number of nitrogens with zero attached hydrogens (tertiary/aromatic N) is 2. The van der Waals surface area contributed by atoms with Crippen LogP contribution in [-0.4, -0.2) is 36.9 Å². The van der Waals surface area contributed by atoms with E-state index in [1.807, 2.05) is 31.2 Å². The van der Waals surface area contributed by atoms with Crippen molar-refractivity contribution in [3.05, 3.63) is 54.1 Å². The predicted octanol–water partition coefficient (Wildman–Crippen LogP) is 1.61. The van der Waals surface area contributed by atoms with E-state index in [0.29, 0.717) is 11.4 Å². The lowest BCUT2D eigenvalue weighted by Gasteiger charge is -2.08. The second-order valence-electron chi connectivity index (χ2n) is 6.43. The first-order valence-electron chi connectivity index (χ1n) is 8.93. The molecule has 0 spiro atoms. The van der Waals surface area contributed by atoms with Crippen molar-refractivity contribution in [2.24, 2.45) is 15.7 Å². The van der Waals surface area contributed by atoms with Gasteiger partial charge < -0.3 is 21.1 Å². The minimum atomic E-state index is -0.869. The molecule has 2 aromatic carbocycles. The van der Waals surface area contributed by atoms with Gasteiger partial charge in [0, 0.05) is 17.4 Å². The Morgan fingerprint density at radius 1 is 1.21 bits per heavy atom. The van der Waals surface area contributed by atoms with Gasteiger partial charge in [-0.25, -0.2) is 4.99 Å². The highest BCUT2D eigenvalue weighted by molar-refractivity contribution is 6.11. The zero-order chi connectivity index (χ0) is 20.8. The summed E-state index contributed by atoms with van der Waals surface area (Å²) in [6.07, 6.45) is -0.118. The van der Waals surface area contributed by atoms with Crippen molar-refractivity contribution in [2.45, 2.75) is 19.4 Å². The zero-order valence-electron chi connectivity index (χ0n) is 16.1. The first-order chi connectivity index (χ1) is 13.9. The van der Waals surface area contributed by atoms with Crippen molar-refractivity contribution >= 4 is 35.1 Å². The summed E-state index contributed by atoms with van der Waals surface area (Å²) in [4.78, 5) is 32.5. The molecular weight excluding hydrogens is 372 g/mol. The number of hydrogen-bond donors (Lipinski definition) is 4. The van der Waals surface area contributed by atoms with E-state index in [1.54, 1.807) is 31.4 Å². The van der Waals surface area contributed by atoms with Crippen LogP contribution in [0.4, 0.5) is 11.4 Å². The fourth-order valence-electron chi connectivity index (χ4n) is 2.64. The molecule has 9 nitrogen and oxygen atoms in total. The zero-order valence-corrected chi connectivity index (χ0v) is 16.1. The number of amides is 2. The standard InChI is InChI=1S/C20H22N6O3/c1-12-6-8-13(9-7-12)23-19(21)26-20-24-16(18(28)25-20)11-17(27)22-14-4-3-5-15(10-14)29-2/h3-10,16H,11H2,1-2H3,(H,22,27)(H4,21,23,24,25,26,28)/t16-/m1/s1. The molecule has 2 amide bonds. The van der Waals surface area contributed by atoms with Crippen molar-refractivity contribution in [1.82, 2.24) is 5.32 Å². The first kappa shape index (κ1) is 19.9. The summed E-state index contributed by atoms with van der Waals surface area (Å²) in [6, 6.07) is 13.6. The predicted molar refractivity (Wildman–Crippen MR) is 112 cm³/mol. The minimum Gasteiger partial charge on any atom is -0.497 e. The highest BCUT2D eigenvalue weighted by atomic mass is 16.5. The van der Waals surface area contributed by atoms with Crippen LogP contribution >= 0.6 is 0 Å². The molecule has 1 atom stereocenters. The molecule has 0 saturated heterocycles. The number of nitrogens with two attached hydrogens (primary N) is 1. The third kappa shape index (κ3) is 5.55. The molecule has 0 saturated carbocycles. The van der Waals surface area contributed by atoms with E-state index in [0.717, 1.165) is 11.3 Å². The van der Waals surface area contributed by atoms with Crippen LogP contribution in [0, 0.1) is 6.92 Å². The van der Waals surface area contributed by atoms with Crippen molar-refractivity contribution in [3.63, 3.8) is 0 Å². The SMILES string of the molecule is COc1cccc(NC(=O)C[C@H]2N=C(N=C(N)Nc3ccc(C)cc3)NC2=O)c1.